The van der Waals surface area contributed by atoms with E-state index < -0.39 is 12.5 Å². The van der Waals surface area contributed by atoms with Crippen LogP contribution in [0.4, 0.5) is 14.5 Å². The molecular formula is C18H12ClF2NO4S. The van der Waals surface area contributed by atoms with E-state index in [4.69, 9.17) is 21.1 Å². The van der Waals surface area contributed by atoms with E-state index in [1.807, 2.05) is 0 Å². The highest BCUT2D eigenvalue weighted by Gasteiger charge is 2.19. The summed E-state index contributed by atoms with van der Waals surface area (Å²) in [4.78, 5) is 12.9. The van der Waals surface area contributed by atoms with Gasteiger partial charge in [-0.3, -0.25) is 4.79 Å². The first kappa shape index (κ1) is 17.8. The molecule has 1 amide bonds. The Morgan fingerprint density at radius 3 is 2.70 bits per heavy atom. The third kappa shape index (κ3) is 3.63. The lowest BCUT2D eigenvalue weighted by Gasteiger charge is -2.18. The number of alkyl halides is 2. The average molecular weight is 412 g/mol. The summed E-state index contributed by atoms with van der Waals surface area (Å²) in [6.07, 6.45) is 0. The molecule has 0 radical (unpaired) electrons. The second-order valence-electron chi connectivity index (χ2n) is 5.59. The fraction of sp³-hybridized carbons (Fsp3) is 0.167. The first-order valence-corrected chi connectivity index (χ1v) is 9.08. The highest BCUT2D eigenvalue weighted by Crippen LogP contribution is 2.38. The summed E-state index contributed by atoms with van der Waals surface area (Å²) in [5.74, 6) is 0.768. The monoisotopic (exact) mass is 411 g/mol. The van der Waals surface area contributed by atoms with Crippen LogP contribution in [0.2, 0.25) is 5.02 Å². The number of carbonyl (C=O) groups excluding carboxylic acids is 1. The van der Waals surface area contributed by atoms with E-state index in [-0.39, 0.29) is 15.6 Å². The number of fused-ring (bicyclic) bond motifs is 2. The van der Waals surface area contributed by atoms with Crippen molar-refractivity contribution < 1.29 is 27.8 Å². The van der Waals surface area contributed by atoms with E-state index >= 15 is 0 Å². The first-order chi connectivity index (χ1) is 13.0. The van der Waals surface area contributed by atoms with Gasteiger partial charge < -0.3 is 19.5 Å². The lowest BCUT2D eigenvalue weighted by Crippen LogP contribution is -2.16. The molecule has 3 aromatic rings. The van der Waals surface area contributed by atoms with Gasteiger partial charge in [0.15, 0.2) is 11.5 Å². The number of ether oxygens (including phenoxy) is 3. The van der Waals surface area contributed by atoms with Gasteiger partial charge in [0.05, 0.1) is 5.02 Å². The number of thiophene rings is 1. The molecule has 2 heterocycles. The van der Waals surface area contributed by atoms with E-state index in [0.717, 1.165) is 11.3 Å². The van der Waals surface area contributed by atoms with Gasteiger partial charge in [0, 0.05) is 21.8 Å². The standard InChI is InChI=1S/C18H12ClF2NO4S/c19-15-11-3-2-10(26-18(20)21)8-14(11)27-16(15)17(23)22-9-1-4-12-13(7-9)25-6-5-24-12/h1-4,7-8,18H,5-6H2,(H,22,23). The largest absolute Gasteiger partial charge is 0.486 e. The summed E-state index contributed by atoms with van der Waals surface area (Å²) in [5.41, 5.74) is 0.527. The highest BCUT2D eigenvalue weighted by molar-refractivity contribution is 7.21. The van der Waals surface area contributed by atoms with Crippen LogP contribution in [-0.2, 0) is 0 Å². The third-order valence-corrected chi connectivity index (χ3v) is 5.49. The molecule has 1 aliphatic heterocycles. The molecule has 4 rings (SSSR count). The molecule has 0 fully saturated rings. The van der Waals surface area contributed by atoms with Crippen molar-refractivity contribution in [3.8, 4) is 17.2 Å². The number of rotatable bonds is 4. The van der Waals surface area contributed by atoms with Crippen molar-refractivity contribution >= 4 is 44.6 Å². The predicted octanol–water partition coefficient (Wildman–Crippen LogP) is 5.18. The van der Waals surface area contributed by atoms with Crippen LogP contribution >= 0.6 is 22.9 Å². The number of carbonyl (C=O) groups is 1. The van der Waals surface area contributed by atoms with Crippen LogP contribution in [0.5, 0.6) is 17.2 Å². The molecule has 0 aliphatic carbocycles. The number of nitrogens with one attached hydrogen (secondary N) is 1. The van der Waals surface area contributed by atoms with E-state index in [0.29, 0.717) is 40.5 Å². The maximum absolute atomic E-state index is 12.6. The molecular weight excluding hydrogens is 400 g/mol. The minimum absolute atomic E-state index is 0.00853. The Morgan fingerprint density at radius 1 is 1.15 bits per heavy atom. The SMILES string of the molecule is O=C(Nc1ccc2c(c1)OCCO2)c1sc2cc(OC(F)F)ccc2c1Cl. The molecule has 0 unspecified atom stereocenters. The summed E-state index contributed by atoms with van der Waals surface area (Å²) >= 11 is 7.40. The van der Waals surface area contributed by atoms with Crippen molar-refractivity contribution in [1.29, 1.82) is 0 Å². The maximum Gasteiger partial charge on any atom is 0.387 e. The van der Waals surface area contributed by atoms with Gasteiger partial charge in [-0.2, -0.15) is 8.78 Å². The lowest BCUT2D eigenvalue weighted by molar-refractivity contribution is -0.0497. The van der Waals surface area contributed by atoms with Crippen molar-refractivity contribution in [2.45, 2.75) is 6.61 Å². The number of anilines is 1. The summed E-state index contributed by atoms with van der Waals surface area (Å²) in [5, 5.41) is 3.61. The second kappa shape index (κ2) is 7.21. The van der Waals surface area contributed by atoms with Crippen molar-refractivity contribution in [2.75, 3.05) is 18.5 Å². The zero-order valence-electron chi connectivity index (χ0n) is 13.6. The van der Waals surface area contributed by atoms with Gasteiger partial charge in [-0.1, -0.05) is 11.6 Å². The molecule has 140 valence electrons. The Bertz CT molecular complexity index is 1020. The molecule has 0 saturated carbocycles. The molecule has 9 heteroatoms. The average Bonchev–Trinajstić information content (AvgIpc) is 2.97. The van der Waals surface area contributed by atoms with Crippen LogP contribution in [0.25, 0.3) is 10.1 Å². The number of amides is 1. The van der Waals surface area contributed by atoms with Crippen LogP contribution in [0.3, 0.4) is 0 Å². The van der Waals surface area contributed by atoms with E-state index in [2.05, 4.69) is 10.1 Å². The highest BCUT2D eigenvalue weighted by atomic mass is 35.5. The quantitative estimate of drug-likeness (QED) is 0.642. The number of hydrogen-bond acceptors (Lipinski definition) is 5. The molecule has 0 saturated heterocycles. The topological polar surface area (TPSA) is 56.8 Å². The molecule has 1 aromatic heterocycles. The van der Waals surface area contributed by atoms with E-state index in [9.17, 15) is 13.6 Å². The van der Waals surface area contributed by atoms with Crippen LogP contribution in [0.15, 0.2) is 36.4 Å². The fourth-order valence-electron chi connectivity index (χ4n) is 2.68. The molecule has 1 N–H and O–H groups in total. The van der Waals surface area contributed by atoms with Crippen molar-refractivity contribution in [2.24, 2.45) is 0 Å². The number of benzene rings is 2. The summed E-state index contributed by atoms with van der Waals surface area (Å²) < 4.78 is 40.6. The maximum atomic E-state index is 12.6. The molecule has 5 nitrogen and oxygen atoms in total. The van der Waals surface area contributed by atoms with Crippen molar-refractivity contribution in [1.82, 2.24) is 0 Å². The Kier molecular flexibility index (Phi) is 4.75. The minimum Gasteiger partial charge on any atom is -0.486 e. The van der Waals surface area contributed by atoms with Crippen LogP contribution < -0.4 is 19.5 Å². The number of halogens is 3. The van der Waals surface area contributed by atoms with Crippen LogP contribution in [0.1, 0.15) is 9.67 Å². The Hall–Kier alpha value is -2.58. The Balaban J connectivity index is 1.59. The molecule has 0 spiro atoms. The first-order valence-electron chi connectivity index (χ1n) is 7.89. The van der Waals surface area contributed by atoms with Gasteiger partial charge >= 0.3 is 6.61 Å². The lowest BCUT2D eigenvalue weighted by atomic mass is 10.2. The normalized spacial score (nSPS) is 13.0. The molecule has 27 heavy (non-hydrogen) atoms. The Labute approximate surface area is 161 Å². The Morgan fingerprint density at radius 2 is 1.93 bits per heavy atom. The van der Waals surface area contributed by atoms with Gasteiger partial charge in [0.25, 0.3) is 5.91 Å². The fourth-order valence-corrected chi connectivity index (χ4v) is 4.12. The van der Waals surface area contributed by atoms with Gasteiger partial charge in [-0.05, 0) is 30.3 Å². The van der Waals surface area contributed by atoms with E-state index in [1.54, 1.807) is 24.3 Å². The van der Waals surface area contributed by atoms with E-state index in [1.165, 1.54) is 12.1 Å². The van der Waals surface area contributed by atoms with Crippen LogP contribution in [-0.4, -0.2) is 25.7 Å². The van der Waals surface area contributed by atoms with Crippen LogP contribution in [0, 0.1) is 0 Å². The predicted molar refractivity (Wildman–Crippen MR) is 98.9 cm³/mol. The number of hydrogen-bond donors (Lipinski definition) is 1. The van der Waals surface area contributed by atoms with Gasteiger partial charge in [-0.15, -0.1) is 11.3 Å². The summed E-state index contributed by atoms with van der Waals surface area (Å²) in [6, 6.07) is 9.44. The summed E-state index contributed by atoms with van der Waals surface area (Å²) in [6.45, 7) is -2.00. The zero-order valence-corrected chi connectivity index (χ0v) is 15.2. The van der Waals surface area contributed by atoms with Gasteiger partial charge in [0.2, 0.25) is 0 Å². The van der Waals surface area contributed by atoms with Crippen molar-refractivity contribution in [3.05, 3.63) is 46.3 Å². The minimum atomic E-state index is -2.92. The molecule has 0 bridgehead atoms. The van der Waals surface area contributed by atoms with Gasteiger partial charge in [-0.25, -0.2) is 0 Å². The van der Waals surface area contributed by atoms with Gasteiger partial charge in [0.1, 0.15) is 23.8 Å². The smallest absolute Gasteiger partial charge is 0.387 e. The molecule has 0 atom stereocenters. The summed E-state index contributed by atoms with van der Waals surface area (Å²) in [7, 11) is 0. The third-order valence-electron chi connectivity index (χ3n) is 3.83. The van der Waals surface area contributed by atoms with Crippen molar-refractivity contribution in [3.63, 3.8) is 0 Å². The molecule has 1 aliphatic rings. The second-order valence-corrected chi connectivity index (χ2v) is 7.02. The zero-order chi connectivity index (χ0) is 19.0. The molecule has 2 aromatic carbocycles.